The van der Waals surface area contributed by atoms with E-state index in [0.717, 1.165) is 111 Å². The summed E-state index contributed by atoms with van der Waals surface area (Å²) >= 11 is 0. The maximum absolute atomic E-state index is 12.5. The number of esters is 1. The number of carbonyl (C=O) groups is 4. The molecule has 4 aliphatic rings. The van der Waals surface area contributed by atoms with Crippen molar-refractivity contribution >= 4 is 55.4 Å². The maximum atomic E-state index is 12.5. The lowest BCUT2D eigenvalue weighted by molar-refractivity contribution is -0.140. The Morgan fingerprint density at radius 1 is 0.655 bits per heavy atom. The highest BCUT2D eigenvalue weighted by molar-refractivity contribution is 7.90. The first-order valence-electron chi connectivity index (χ1n) is 19.0. The number of hydrogen-bond acceptors (Lipinski definition) is 10. The van der Waals surface area contributed by atoms with Crippen LogP contribution < -0.4 is 20.1 Å². The fourth-order valence-electron chi connectivity index (χ4n) is 7.91. The van der Waals surface area contributed by atoms with Crippen LogP contribution in [-0.2, 0) is 90.5 Å². The van der Waals surface area contributed by atoms with Crippen LogP contribution in [0.2, 0.25) is 0 Å². The number of amides is 5. The zero-order valence-electron chi connectivity index (χ0n) is 31.9. The first-order chi connectivity index (χ1) is 26.2. The van der Waals surface area contributed by atoms with E-state index in [1.54, 1.807) is 7.05 Å². The monoisotopic (exact) mass is 811 g/mol. The van der Waals surface area contributed by atoms with Crippen LogP contribution in [-0.4, -0.2) is 91.6 Å². The Morgan fingerprint density at radius 3 is 1.47 bits per heavy atom. The van der Waals surface area contributed by atoms with Crippen LogP contribution in [0.25, 0.3) is 0 Å². The van der Waals surface area contributed by atoms with E-state index in [9.17, 15) is 36.0 Å². The van der Waals surface area contributed by atoms with Crippen molar-refractivity contribution < 1.29 is 51.2 Å². The molecule has 0 atom stereocenters. The highest BCUT2D eigenvalue weighted by Crippen LogP contribution is 2.39. The van der Waals surface area contributed by atoms with Gasteiger partial charge in [-0.15, -0.1) is 0 Å². The predicted octanol–water partition coefficient (Wildman–Crippen LogP) is 4.66. The summed E-state index contributed by atoms with van der Waals surface area (Å²) in [5.74, 6) is -1.46. The maximum Gasteiger partial charge on any atom is 0.332 e. The number of aryl methyl sites for hydroxylation is 4. The molecule has 0 bridgehead atoms. The zero-order chi connectivity index (χ0) is 39.8. The van der Waals surface area contributed by atoms with Gasteiger partial charge in [-0.05, 0) is 128 Å². The number of nitrogens with one attached hydrogen (secondary N) is 4. The highest BCUT2D eigenvalue weighted by atomic mass is 32.2. The standard InChI is InChI=1S/C21H31N3O5S.C17H22N2O5S.4H2/c1-24(19(25)10-12-29-2)11-5-13-30(27,28)23-21(26)22-20-17-8-3-6-15(17)14-16-7-4-9-18(16)20;1-24-15(20)8-9-25(22,23)19-17(21)18-16-13-6-2-4-11(13)10-12-5-3-7-14(12)16;;;;/h14H,3-13H2,1-2H3,(H2,22,23,26);10H,2-9H2,1H3,(H2,18,19,21);4*1H. The molecule has 0 fully saturated rings. The van der Waals surface area contributed by atoms with Crippen molar-refractivity contribution in [1.29, 1.82) is 0 Å². The van der Waals surface area contributed by atoms with Crippen molar-refractivity contribution in [2.75, 3.05) is 56.6 Å². The highest BCUT2D eigenvalue weighted by Gasteiger charge is 2.28. The number of rotatable bonds is 14. The molecule has 4 aliphatic carbocycles. The summed E-state index contributed by atoms with van der Waals surface area (Å²) in [5.41, 5.74) is 11.2. The molecule has 0 radical (unpaired) electrons. The van der Waals surface area contributed by atoms with E-state index in [2.05, 4.69) is 32.2 Å². The first-order valence-corrected chi connectivity index (χ1v) is 22.3. The summed E-state index contributed by atoms with van der Waals surface area (Å²) < 4.78 is 61.9. The Kier molecular flexibility index (Phi) is 14.2. The lowest BCUT2D eigenvalue weighted by Crippen LogP contribution is -2.37. The Labute approximate surface area is 329 Å². The van der Waals surface area contributed by atoms with E-state index in [0.29, 0.717) is 13.2 Å². The van der Waals surface area contributed by atoms with Crippen LogP contribution in [0.5, 0.6) is 0 Å². The Bertz CT molecular complexity index is 1970. The quantitative estimate of drug-likeness (QED) is 0.194. The van der Waals surface area contributed by atoms with E-state index < -0.39 is 43.8 Å². The minimum Gasteiger partial charge on any atom is -0.469 e. The van der Waals surface area contributed by atoms with Gasteiger partial charge >= 0.3 is 18.0 Å². The molecule has 6 rings (SSSR count). The zero-order valence-corrected chi connectivity index (χ0v) is 33.6. The van der Waals surface area contributed by atoms with Gasteiger partial charge in [-0.3, -0.25) is 9.59 Å². The third-order valence-corrected chi connectivity index (χ3v) is 13.1. The number of urea groups is 2. The van der Waals surface area contributed by atoms with E-state index in [1.165, 1.54) is 41.4 Å². The SMILES string of the molecule is COC(=O)CCS(=O)(=O)NC(=O)Nc1c2c(cc3c1CCC3)CCC2.COCCC(=O)N(C)CCCS(=O)(=O)NC(=O)Nc1c2c(cc3c1CCC3)CCC2.[HH].[HH].[HH].[HH]. The summed E-state index contributed by atoms with van der Waals surface area (Å²) in [6.45, 7) is 0.626. The number of sulfonamides is 2. The molecule has 55 heavy (non-hydrogen) atoms. The molecule has 0 saturated carbocycles. The summed E-state index contributed by atoms with van der Waals surface area (Å²) in [6.07, 6.45) is 12.0. The second kappa shape index (κ2) is 18.6. The molecule has 0 aliphatic heterocycles. The van der Waals surface area contributed by atoms with Gasteiger partial charge in [0, 0.05) is 37.8 Å². The van der Waals surface area contributed by atoms with Crippen LogP contribution in [0.3, 0.4) is 0 Å². The minimum absolute atomic E-state index is 0. The molecule has 2 aromatic carbocycles. The molecule has 15 nitrogen and oxygen atoms in total. The van der Waals surface area contributed by atoms with E-state index in [4.69, 9.17) is 4.74 Å². The van der Waals surface area contributed by atoms with Crippen molar-refractivity contribution in [3.63, 3.8) is 0 Å². The Morgan fingerprint density at radius 2 is 1.07 bits per heavy atom. The second-order valence-corrected chi connectivity index (χ2v) is 18.1. The molecule has 2 aromatic rings. The van der Waals surface area contributed by atoms with Crippen molar-refractivity contribution in [3.8, 4) is 0 Å². The van der Waals surface area contributed by atoms with Gasteiger partial charge in [0.05, 0.1) is 38.1 Å². The molecule has 0 aromatic heterocycles. The lowest BCUT2D eigenvalue weighted by Gasteiger charge is -2.18. The molecular weight excluding hydrogens is 751 g/mol. The third-order valence-electron chi connectivity index (χ3n) is 10.6. The van der Waals surface area contributed by atoms with E-state index in [1.807, 2.05) is 4.72 Å². The average Bonchev–Trinajstić information content (AvgIpc) is 3.96. The number of ether oxygens (including phenoxy) is 2. The van der Waals surface area contributed by atoms with Crippen LogP contribution in [0, 0.1) is 0 Å². The van der Waals surface area contributed by atoms with Crippen molar-refractivity contribution in [1.82, 2.24) is 14.3 Å². The molecule has 17 heteroatoms. The molecule has 0 unspecified atom stereocenters. The molecule has 0 spiro atoms. The van der Waals surface area contributed by atoms with Gasteiger partial charge in [0.2, 0.25) is 26.0 Å². The van der Waals surface area contributed by atoms with Crippen LogP contribution in [0.4, 0.5) is 21.0 Å². The van der Waals surface area contributed by atoms with Crippen molar-refractivity contribution in [2.45, 2.75) is 96.3 Å². The number of anilines is 2. The number of benzene rings is 2. The Balaban J connectivity index is 0.000000560. The fraction of sp³-hybridized carbons (Fsp3) is 0.579. The summed E-state index contributed by atoms with van der Waals surface area (Å²) in [7, 11) is -3.35. The minimum atomic E-state index is -3.90. The van der Waals surface area contributed by atoms with Crippen molar-refractivity contribution in [3.05, 3.63) is 56.6 Å². The predicted molar refractivity (Wildman–Crippen MR) is 217 cm³/mol. The number of carbonyl (C=O) groups excluding carboxylic acids is 4. The summed E-state index contributed by atoms with van der Waals surface area (Å²) in [5, 5.41) is 5.59. The van der Waals surface area contributed by atoms with Gasteiger partial charge in [-0.1, -0.05) is 12.1 Å². The topological polar surface area (TPSA) is 206 Å². The number of nitrogens with zero attached hydrogens (tertiary/aromatic N) is 1. The molecular formula is C38H61N5O10S2. The summed E-state index contributed by atoms with van der Waals surface area (Å²) in [6, 6.07) is 3.00. The van der Waals surface area contributed by atoms with Gasteiger partial charge in [0.1, 0.15) is 0 Å². The number of hydrogen-bond donors (Lipinski definition) is 4. The number of fused-ring (bicyclic) bond motifs is 4. The van der Waals surface area contributed by atoms with Gasteiger partial charge in [-0.2, -0.15) is 0 Å². The summed E-state index contributed by atoms with van der Waals surface area (Å²) in [4.78, 5) is 49.1. The normalized spacial score (nSPS) is 15.1. The lowest BCUT2D eigenvalue weighted by atomic mass is 9.99. The molecule has 5 amide bonds. The molecule has 0 saturated heterocycles. The van der Waals surface area contributed by atoms with E-state index in [-0.39, 0.29) is 36.6 Å². The van der Waals surface area contributed by atoms with Gasteiger partial charge in [-0.25, -0.2) is 35.9 Å². The van der Waals surface area contributed by atoms with Gasteiger partial charge in [0.15, 0.2) is 0 Å². The smallest absolute Gasteiger partial charge is 0.332 e. The largest absolute Gasteiger partial charge is 0.469 e. The van der Waals surface area contributed by atoms with Crippen molar-refractivity contribution in [2.24, 2.45) is 0 Å². The van der Waals surface area contributed by atoms with Gasteiger partial charge in [0.25, 0.3) is 0 Å². The van der Waals surface area contributed by atoms with Crippen LogP contribution in [0.1, 0.15) is 95.2 Å². The fourth-order valence-corrected chi connectivity index (χ4v) is 9.73. The average molecular weight is 812 g/mol. The van der Waals surface area contributed by atoms with Crippen LogP contribution >= 0.6 is 0 Å². The van der Waals surface area contributed by atoms with Crippen LogP contribution in [0.15, 0.2) is 12.1 Å². The van der Waals surface area contributed by atoms with Gasteiger partial charge < -0.3 is 25.0 Å². The first kappa shape index (κ1) is 41.9. The van der Waals surface area contributed by atoms with E-state index >= 15 is 0 Å². The Hall–Kier alpha value is -4.22. The number of methoxy groups -OCH3 is 2. The molecule has 4 N–H and O–H groups in total. The molecule has 310 valence electrons. The molecule has 0 heterocycles. The second-order valence-electron chi connectivity index (χ2n) is 14.5. The third kappa shape index (κ3) is 11.2.